The van der Waals surface area contributed by atoms with E-state index >= 15 is 0 Å². The molecule has 0 bridgehead atoms. The maximum Gasteiger partial charge on any atom is 0.227 e. The van der Waals surface area contributed by atoms with E-state index in [1.165, 1.54) is 0 Å². The predicted molar refractivity (Wildman–Crippen MR) is 70.5 cm³/mol. The summed E-state index contributed by atoms with van der Waals surface area (Å²) in [6.07, 6.45) is 1.52. The first kappa shape index (κ1) is 13.1. The van der Waals surface area contributed by atoms with Gasteiger partial charge in [0.05, 0.1) is 12.1 Å². The van der Waals surface area contributed by atoms with Crippen LogP contribution in [0, 0.1) is 13.8 Å². The molecule has 0 atom stereocenters. The lowest BCUT2D eigenvalue weighted by atomic mass is 10.1. The molecule has 1 aliphatic rings. The van der Waals surface area contributed by atoms with Crippen molar-refractivity contribution in [3.63, 3.8) is 0 Å². The van der Waals surface area contributed by atoms with Crippen LogP contribution in [0.25, 0.3) is 0 Å². The highest BCUT2D eigenvalue weighted by molar-refractivity contribution is 5.79. The van der Waals surface area contributed by atoms with Gasteiger partial charge in [-0.2, -0.15) is 5.10 Å². The Hall–Kier alpha value is -1.36. The van der Waals surface area contributed by atoms with Gasteiger partial charge in [-0.05, 0) is 26.8 Å². The summed E-state index contributed by atoms with van der Waals surface area (Å²) < 4.78 is 1.85. The summed E-state index contributed by atoms with van der Waals surface area (Å²) >= 11 is 0. The molecule has 1 amide bonds. The molecule has 1 fully saturated rings. The quantitative estimate of drug-likeness (QED) is 0.826. The Balaban J connectivity index is 2.06. The third kappa shape index (κ3) is 2.72. The van der Waals surface area contributed by atoms with Crippen molar-refractivity contribution in [1.29, 1.82) is 0 Å². The van der Waals surface area contributed by atoms with Gasteiger partial charge in [-0.25, -0.2) is 0 Å². The normalized spacial score (nSPS) is 16.7. The molecular formula is C13H22N4O. The summed E-state index contributed by atoms with van der Waals surface area (Å²) in [5, 5.41) is 7.67. The van der Waals surface area contributed by atoms with Crippen LogP contribution in [0.5, 0.6) is 0 Å². The topological polar surface area (TPSA) is 50.2 Å². The van der Waals surface area contributed by atoms with Gasteiger partial charge in [-0.3, -0.25) is 9.48 Å². The van der Waals surface area contributed by atoms with E-state index in [1.54, 1.807) is 0 Å². The molecule has 0 saturated carbocycles. The third-order valence-corrected chi connectivity index (χ3v) is 3.68. The minimum Gasteiger partial charge on any atom is -0.341 e. The zero-order valence-corrected chi connectivity index (χ0v) is 11.5. The Morgan fingerprint density at radius 3 is 2.78 bits per heavy atom. The first-order valence-electron chi connectivity index (χ1n) is 6.57. The highest BCUT2D eigenvalue weighted by Gasteiger charge is 2.19. The number of carbonyl (C=O) groups is 1. The molecule has 0 spiro atoms. The first-order valence-corrected chi connectivity index (χ1v) is 6.57. The fraction of sp³-hybridized carbons (Fsp3) is 0.692. The van der Waals surface area contributed by atoms with E-state index in [0.29, 0.717) is 6.42 Å². The van der Waals surface area contributed by atoms with Crippen molar-refractivity contribution in [2.45, 2.75) is 26.7 Å². The summed E-state index contributed by atoms with van der Waals surface area (Å²) in [5.74, 6) is 0.220. The van der Waals surface area contributed by atoms with Crippen LogP contribution in [-0.4, -0.2) is 46.8 Å². The Bertz CT molecular complexity index is 430. The molecule has 2 rings (SSSR count). The Morgan fingerprint density at radius 2 is 2.11 bits per heavy atom. The molecule has 1 aliphatic heterocycles. The smallest absolute Gasteiger partial charge is 0.227 e. The van der Waals surface area contributed by atoms with Crippen LogP contribution in [0.3, 0.4) is 0 Å². The van der Waals surface area contributed by atoms with Gasteiger partial charge in [0.15, 0.2) is 0 Å². The van der Waals surface area contributed by atoms with E-state index in [2.05, 4.69) is 10.4 Å². The second-order valence-electron chi connectivity index (χ2n) is 4.93. The number of carbonyl (C=O) groups excluding carboxylic acids is 1. The van der Waals surface area contributed by atoms with E-state index in [4.69, 9.17) is 0 Å². The average molecular weight is 250 g/mol. The van der Waals surface area contributed by atoms with Gasteiger partial charge in [0.1, 0.15) is 0 Å². The van der Waals surface area contributed by atoms with Gasteiger partial charge in [0, 0.05) is 37.9 Å². The van der Waals surface area contributed by atoms with Gasteiger partial charge in [0.25, 0.3) is 0 Å². The summed E-state index contributed by atoms with van der Waals surface area (Å²) in [6, 6.07) is 0. The van der Waals surface area contributed by atoms with Crippen LogP contribution in [0.15, 0.2) is 0 Å². The van der Waals surface area contributed by atoms with Crippen LogP contribution < -0.4 is 5.32 Å². The Labute approximate surface area is 108 Å². The predicted octanol–water partition coefficient (Wildman–Crippen LogP) is 0.401. The van der Waals surface area contributed by atoms with Crippen molar-refractivity contribution in [2.24, 2.45) is 7.05 Å². The average Bonchev–Trinajstić information content (AvgIpc) is 2.58. The molecule has 5 heteroatoms. The molecule has 1 aromatic heterocycles. The molecule has 2 heterocycles. The molecule has 0 unspecified atom stereocenters. The summed E-state index contributed by atoms with van der Waals surface area (Å²) in [7, 11) is 1.92. The Morgan fingerprint density at radius 1 is 1.33 bits per heavy atom. The zero-order chi connectivity index (χ0) is 13.1. The van der Waals surface area contributed by atoms with Crippen molar-refractivity contribution < 1.29 is 4.79 Å². The number of aromatic nitrogens is 2. The van der Waals surface area contributed by atoms with E-state index in [1.807, 2.05) is 30.5 Å². The molecule has 0 aromatic carbocycles. The lowest BCUT2D eigenvalue weighted by molar-refractivity contribution is -0.130. The monoisotopic (exact) mass is 250 g/mol. The van der Waals surface area contributed by atoms with Crippen molar-refractivity contribution in [1.82, 2.24) is 20.0 Å². The molecule has 1 aromatic rings. The highest BCUT2D eigenvalue weighted by Crippen LogP contribution is 2.14. The van der Waals surface area contributed by atoms with Crippen LogP contribution in [0.4, 0.5) is 0 Å². The minimum absolute atomic E-state index is 0.220. The number of aryl methyl sites for hydroxylation is 2. The summed E-state index contributed by atoms with van der Waals surface area (Å²) in [4.78, 5) is 14.3. The maximum atomic E-state index is 12.3. The molecule has 1 N–H and O–H groups in total. The minimum atomic E-state index is 0.220. The second-order valence-corrected chi connectivity index (χ2v) is 4.93. The number of amides is 1. The van der Waals surface area contributed by atoms with Crippen LogP contribution in [0.1, 0.15) is 23.4 Å². The fourth-order valence-electron chi connectivity index (χ4n) is 2.43. The van der Waals surface area contributed by atoms with Gasteiger partial charge in [-0.1, -0.05) is 0 Å². The molecule has 100 valence electrons. The SMILES string of the molecule is Cc1nn(C)c(C)c1CC(=O)N1CCCNCC1. The van der Waals surface area contributed by atoms with Gasteiger partial charge in [0.2, 0.25) is 5.91 Å². The maximum absolute atomic E-state index is 12.3. The number of rotatable bonds is 2. The standard InChI is InChI=1S/C13H22N4O/c1-10-12(11(2)16(3)15-10)9-13(18)17-7-4-5-14-6-8-17/h14H,4-9H2,1-3H3. The van der Waals surface area contributed by atoms with Gasteiger partial charge < -0.3 is 10.2 Å². The molecule has 18 heavy (non-hydrogen) atoms. The fourth-order valence-corrected chi connectivity index (χ4v) is 2.43. The third-order valence-electron chi connectivity index (χ3n) is 3.68. The highest BCUT2D eigenvalue weighted by atomic mass is 16.2. The molecule has 0 aliphatic carbocycles. The number of hydrogen-bond donors (Lipinski definition) is 1. The molecule has 5 nitrogen and oxygen atoms in total. The molecule has 0 radical (unpaired) electrons. The van der Waals surface area contributed by atoms with E-state index in [9.17, 15) is 4.79 Å². The largest absolute Gasteiger partial charge is 0.341 e. The van der Waals surface area contributed by atoms with Gasteiger partial charge >= 0.3 is 0 Å². The van der Waals surface area contributed by atoms with E-state index in [-0.39, 0.29) is 5.91 Å². The number of nitrogens with one attached hydrogen (secondary N) is 1. The van der Waals surface area contributed by atoms with Crippen molar-refractivity contribution in [2.75, 3.05) is 26.2 Å². The first-order chi connectivity index (χ1) is 8.59. The van der Waals surface area contributed by atoms with Crippen molar-refractivity contribution >= 4 is 5.91 Å². The zero-order valence-electron chi connectivity index (χ0n) is 11.5. The molecule has 1 saturated heterocycles. The lowest BCUT2D eigenvalue weighted by Gasteiger charge is -2.20. The van der Waals surface area contributed by atoms with Crippen LogP contribution in [-0.2, 0) is 18.3 Å². The van der Waals surface area contributed by atoms with E-state index < -0.39 is 0 Å². The van der Waals surface area contributed by atoms with Crippen molar-refractivity contribution in [3.8, 4) is 0 Å². The van der Waals surface area contributed by atoms with Crippen LogP contribution in [0.2, 0.25) is 0 Å². The summed E-state index contributed by atoms with van der Waals surface area (Å²) in [6.45, 7) is 7.58. The number of nitrogens with zero attached hydrogens (tertiary/aromatic N) is 3. The second kappa shape index (κ2) is 5.52. The van der Waals surface area contributed by atoms with Crippen LogP contribution >= 0.6 is 0 Å². The van der Waals surface area contributed by atoms with Crippen molar-refractivity contribution in [3.05, 3.63) is 17.0 Å². The lowest BCUT2D eigenvalue weighted by Crippen LogP contribution is -2.35. The van der Waals surface area contributed by atoms with E-state index in [0.717, 1.165) is 49.6 Å². The summed E-state index contributed by atoms with van der Waals surface area (Å²) in [5.41, 5.74) is 3.14. The number of hydrogen-bond acceptors (Lipinski definition) is 3. The Kier molecular flexibility index (Phi) is 4.01. The molecular weight excluding hydrogens is 228 g/mol. The van der Waals surface area contributed by atoms with Gasteiger partial charge in [-0.15, -0.1) is 0 Å².